The Morgan fingerprint density at radius 1 is 0.906 bits per heavy atom. The summed E-state index contributed by atoms with van der Waals surface area (Å²) in [6, 6.07) is 17.4. The van der Waals surface area contributed by atoms with Crippen LogP contribution in [0.25, 0.3) is 5.69 Å². The highest BCUT2D eigenvalue weighted by Crippen LogP contribution is 2.31. The Balaban J connectivity index is 1.53. The lowest BCUT2D eigenvalue weighted by Crippen LogP contribution is -2.49. The standard InChI is InChI=1S/C23H24Br2N4O3/c1-31-18-12-17(13-19(14-18)32-2)27-8-10-28(11-9-27)23(30)21-15-20(22(24)25)26-29(21)16-6-4-3-5-7-16/h3-7,12-15,22H,8-11H2,1-2H3. The van der Waals surface area contributed by atoms with Gasteiger partial charge < -0.3 is 19.3 Å². The average molecular weight is 564 g/mol. The topological polar surface area (TPSA) is 59.8 Å². The van der Waals surface area contributed by atoms with E-state index >= 15 is 0 Å². The molecule has 0 bridgehead atoms. The van der Waals surface area contributed by atoms with E-state index in [9.17, 15) is 4.79 Å². The van der Waals surface area contributed by atoms with Crippen LogP contribution in [0.1, 0.15) is 19.9 Å². The zero-order valence-electron chi connectivity index (χ0n) is 17.9. The van der Waals surface area contributed by atoms with Crippen LogP contribution in [0.5, 0.6) is 11.5 Å². The van der Waals surface area contributed by atoms with Crippen LogP contribution < -0.4 is 14.4 Å². The smallest absolute Gasteiger partial charge is 0.272 e. The number of anilines is 1. The van der Waals surface area contributed by atoms with E-state index in [4.69, 9.17) is 9.47 Å². The van der Waals surface area contributed by atoms with E-state index in [0.717, 1.165) is 28.6 Å². The summed E-state index contributed by atoms with van der Waals surface area (Å²) >= 11 is 6.99. The fraction of sp³-hybridized carbons (Fsp3) is 0.304. The molecule has 1 aliphatic heterocycles. The molecule has 1 fully saturated rings. The Hall–Kier alpha value is -2.52. The van der Waals surface area contributed by atoms with Crippen LogP contribution in [0.4, 0.5) is 5.69 Å². The van der Waals surface area contributed by atoms with E-state index in [-0.39, 0.29) is 9.64 Å². The summed E-state index contributed by atoms with van der Waals surface area (Å²) < 4.78 is 12.4. The van der Waals surface area contributed by atoms with Crippen molar-refractivity contribution in [1.29, 1.82) is 0 Å². The molecule has 0 saturated carbocycles. The molecule has 0 atom stereocenters. The number of ether oxygens (including phenoxy) is 2. The highest BCUT2D eigenvalue weighted by atomic mass is 79.9. The monoisotopic (exact) mass is 562 g/mol. The van der Waals surface area contributed by atoms with Crippen molar-refractivity contribution in [3.63, 3.8) is 0 Å². The van der Waals surface area contributed by atoms with Crippen LogP contribution in [-0.4, -0.2) is 61.0 Å². The molecule has 0 N–H and O–H groups in total. The molecule has 1 amide bonds. The van der Waals surface area contributed by atoms with Gasteiger partial charge in [0, 0.05) is 50.1 Å². The van der Waals surface area contributed by atoms with E-state index in [0.29, 0.717) is 31.9 Å². The predicted molar refractivity (Wildman–Crippen MR) is 132 cm³/mol. The third kappa shape index (κ3) is 4.78. The molecular weight excluding hydrogens is 540 g/mol. The number of amides is 1. The lowest BCUT2D eigenvalue weighted by Gasteiger charge is -2.36. The van der Waals surface area contributed by atoms with E-state index < -0.39 is 0 Å². The second-order valence-corrected chi connectivity index (χ2v) is 10.4. The number of aromatic nitrogens is 2. The molecule has 9 heteroatoms. The number of nitrogens with zero attached hydrogens (tertiary/aromatic N) is 4. The summed E-state index contributed by atoms with van der Waals surface area (Å²) in [5.74, 6) is 1.46. The van der Waals surface area contributed by atoms with Crippen molar-refractivity contribution >= 4 is 43.5 Å². The van der Waals surface area contributed by atoms with Crippen molar-refractivity contribution < 1.29 is 14.3 Å². The van der Waals surface area contributed by atoms with E-state index in [2.05, 4.69) is 41.9 Å². The van der Waals surface area contributed by atoms with E-state index in [1.54, 1.807) is 18.9 Å². The van der Waals surface area contributed by atoms with Gasteiger partial charge in [-0.3, -0.25) is 4.79 Å². The summed E-state index contributed by atoms with van der Waals surface area (Å²) in [6.45, 7) is 2.65. The van der Waals surface area contributed by atoms with Crippen molar-refractivity contribution in [2.75, 3.05) is 45.3 Å². The van der Waals surface area contributed by atoms with Gasteiger partial charge in [0.05, 0.1) is 25.6 Å². The second kappa shape index (κ2) is 9.95. The van der Waals surface area contributed by atoms with Crippen LogP contribution in [0, 0.1) is 0 Å². The minimum absolute atomic E-state index is 0.0314. The predicted octanol–water partition coefficient (Wildman–Crippen LogP) is 4.64. The summed E-state index contributed by atoms with van der Waals surface area (Å²) in [4.78, 5) is 17.6. The molecule has 7 nitrogen and oxygen atoms in total. The maximum atomic E-state index is 13.4. The van der Waals surface area contributed by atoms with Crippen molar-refractivity contribution in [2.45, 2.75) is 3.74 Å². The largest absolute Gasteiger partial charge is 0.497 e. The number of hydrogen-bond donors (Lipinski definition) is 0. The normalized spacial score (nSPS) is 14.0. The van der Waals surface area contributed by atoms with Crippen LogP contribution in [0.2, 0.25) is 0 Å². The number of benzene rings is 2. The Labute approximate surface area is 204 Å². The van der Waals surface area contributed by atoms with Gasteiger partial charge >= 0.3 is 0 Å². The fourth-order valence-corrected chi connectivity index (χ4v) is 4.18. The van der Waals surface area contributed by atoms with Gasteiger partial charge in [-0.15, -0.1) is 0 Å². The van der Waals surface area contributed by atoms with Crippen LogP contribution in [0.15, 0.2) is 54.6 Å². The number of halogens is 2. The molecule has 4 rings (SSSR count). The first-order chi connectivity index (χ1) is 15.5. The number of piperazine rings is 1. The Morgan fingerprint density at radius 3 is 2.09 bits per heavy atom. The van der Waals surface area contributed by atoms with Crippen LogP contribution in [-0.2, 0) is 0 Å². The molecule has 2 aromatic carbocycles. The molecule has 0 unspecified atom stereocenters. The van der Waals surface area contributed by atoms with Crippen LogP contribution in [0.3, 0.4) is 0 Å². The first kappa shape index (κ1) is 22.7. The van der Waals surface area contributed by atoms with Crippen molar-refractivity contribution in [3.8, 4) is 17.2 Å². The quantitative estimate of drug-likeness (QED) is 0.409. The minimum atomic E-state index is -0.133. The Bertz CT molecular complexity index is 1060. The molecule has 32 heavy (non-hydrogen) atoms. The molecule has 168 valence electrons. The third-order valence-electron chi connectivity index (χ3n) is 5.44. The lowest BCUT2D eigenvalue weighted by atomic mass is 10.2. The molecular formula is C23H24Br2N4O3. The Kier molecular flexibility index (Phi) is 7.05. The highest BCUT2D eigenvalue weighted by molar-refractivity contribution is 9.24. The van der Waals surface area contributed by atoms with Gasteiger partial charge in [0.2, 0.25) is 0 Å². The maximum absolute atomic E-state index is 13.4. The average Bonchev–Trinajstić information content (AvgIpc) is 3.30. The van der Waals surface area contributed by atoms with Crippen molar-refractivity contribution in [3.05, 3.63) is 66.0 Å². The molecule has 0 spiro atoms. The second-order valence-electron chi connectivity index (χ2n) is 7.35. The summed E-state index contributed by atoms with van der Waals surface area (Å²) in [5, 5.41) is 4.63. The van der Waals surface area contributed by atoms with E-state index in [1.165, 1.54) is 0 Å². The van der Waals surface area contributed by atoms with Gasteiger partial charge in [0.15, 0.2) is 0 Å². The summed E-state index contributed by atoms with van der Waals surface area (Å²) in [6.07, 6.45) is 0. The lowest BCUT2D eigenvalue weighted by molar-refractivity contribution is 0.0737. The molecule has 1 aliphatic rings. The molecule has 2 heterocycles. The van der Waals surface area contributed by atoms with E-state index in [1.807, 2.05) is 59.5 Å². The van der Waals surface area contributed by atoms with Gasteiger partial charge in [-0.2, -0.15) is 5.10 Å². The molecule has 1 saturated heterocycles. The zero-order chi connectivity index (χ0) is 22.7. The number of alkyl halides is 2. The van der Waals surface area contributed by atoms with Gasteiger partial charge in [0.1, 0.15) is 20.9 Å². The number of methoxy groups -OCH3 is 2. The first-order valence-corrected chi connectivity index (χ1v) is 12.0. The fourth-order valence-electron chi connectivity index (χ4n) is 3.73. The molecule has 0 aliphatic carbocycles. The van der Waals surface area contributed by atoms with Gasteiger partial charge in [-0.05, 0) is 18.2 Å². The first-order valence-electron chi connectivity index (χ1n) is 10.2. The number of para-hydroxylation sites is 1. The highest BCUT2D eigenvalue weighted by Gasteiger charge is 2.27. The molecule has 3 aromatic rings. The van der Waals surface area contributed by atoms with Crippen molar-refractivity contribution in [1.82, 2.24) is 14.7 Å². The number of rotatable bonds is 6. The van der Waals surface area contributed by atoms with Gasteiger partial charge in [0.25, 0.3) is 5.91 Å². The van der Waals surface area contributed by atoms with Crippen LogP contribution >= 0.6 is 31.9 Å². The Morgan fingerprint density at radius 2 is 1.53 bits per heavy atom. The zero-order valence-corrected chi connectivity index (χ0v) is 21.0. The molecule has 1 aromatic heterocycles. The minimum Gasteiger partial charge on any atom is -0.497 e. The maximum Gasteiger partial charge on any atom is 0.272 e. The number of carbonyl (C=O) groups excluding carboxylic acids is 1. The van der Waals surface area contributed by atoms with Gasteiger partial charge in [-0.1, -0.05) is 50.1 Å². The SMILES string of the molecule is COc1cc(OC)cc(N2CCN(C(=O)c3cc(C(Br)Br)nn3-c3ccccc3)CC2)c1. The van der Waals surface area contributed by atoms with Crippen molar-refractivity contribution in [2.24, 2.45) is 0 Å². The number of carbonyl (C=O) groups is 1. The summed E-state index contributed by atoms with van der Waals surface area (Å²) in [7, 11) is 3.29. The molecule has 0 radical (unpaired) electrons. The van der Waals surface area contributed by atoms with Gasteiger partial charge in [-0.25, -0.2) is 4.68 Å². The number of hydrogen-bond acceptors (Lipinski definition) is 5. The third-order valence-corrected chi connectivity index (χ3v) is 6.38. The summed E-state index contributed by atoms with van der Waals surface area (Å²) in [5.41, 5.74) is 3.17.